The van der Waals surface area contributed by atoms with Gasteiger partial charge in [-0.25, -0.2) is 0 Å². The summed E-state index contributed by atoms with van der Waals surface area (Å²) >= 11 is 0. The standard InChI is InChI=1S/C11H8O/c1-2-9-10-5-7-4-8(3-6(1)10)12-11(7)9/h1-2,5,8H,3-4H2. The van der Waals surface area contributed by atoms with Crippen LogP contribution >= 0.6 is 0 Å². The molecule has 3 aliphatic carbocycles. The third-order valence-electron chi connectivity index (χ3n) is 3.12. The maximum Gasteiger partial charge on any atom is 0.130 e. The summed E-state index contributed by atoms with van der Waals surface area (Å²) in [6.45, 7) is 0. The van der Waals surface area contributed by atoms with Crippen molar-refractivity contribution in [3.63, 3.8) is 0 Å². The molecule has 1 atom stereocenters. The number of rotatable bonds is 0. The Hall–Kier alpha value is -1.24. The molecule has 0 aromatic heterocycles. The number of hydrogen-bond acceptors (Lipinski definition) is 1. The molecule has 0 N–H and O–H groups in total. The van der Waals surface area contributed by atoms with Gasteiger partial charge in [0.25, 0.3) is 0 Å². The summed E-state index contributed by atoms with van der Waals surface area (Å²) < 4.78 is 5.83. The average molecular weight is 156 g/mol. The molecule has 5 rings (SSSR count). The first-order valence-corrected chi connectivity index (χ1v) is 4.45. The predicted octanol–water partition coefficient (Wildman–Crippen LogP) is 2.24. The summed E-state index contributed by atoms with van der Waals surface area (Å²) in [5.74, 6) is 1.18. The molecule has 6 bridgehead atoms. The largest absolute Gasteiger partial charge is 0.489 e. The van der Waals surface area contributed by atoms with Gasteiger partial charge >= 0.3 is 0 Å². The third kappa shape index (κ3) is 0.413. The van der Waals surface area contributed by atoms with Crippen LogP contribution in [0, 0.1) is 0 Å². The van der Waals surface area contributed by atoms with Crippen molar-refractivity contribution in [3.8, 4) is 0 Å². The molecule has 12 heavy (non-hydrogen) atoms. The van der Waals surface area contributed by atoms with Crippen LogP contribution in [0.1, 0.15) is 12.8 Å². The highest BCUT2D eigenvalue weighted by molar-refractivity contribution is 5.71. The molecule has 0 spiro atoms. The fourth-order valence-electron chi connectivity index (χ4n) is 2.60. The van der Waals surface area contributed by atoms with Gasteiger partial charge in [-0.05, 0) is 22.8 Å². The zero-order chi connectivity index (χ0) is 7.71. The lowest BCUT2D eigenvalue weighted by Crippen LogP contribution is -2.04. The third-order valence-corrected chi connectivity index (χ3v) is 3.12. The SMILES string of the molecule is C1=C2CC3CC4=C(O3)C(=C1)C2=C4. The van der Waals surface area contributed by atoms with Crippen LogP contribution in [0.4, 0.5) is 0 Å². The lowest BCUT2D eigenvalue weighted by atomic mass is 10.0. The van der Waals surface area contributed by atoms with Crippen molar-refractivity contribution < 1.29 is 4.74 Å². The van der Waals surface area contributed by atoms with E-state index in [9.17, 15) is 0 Å². The van der Waals surface area contributed by atoms with E-state index in [4.69, 9.17) is 4.74 Å². The van der Waals surface area contributed by atoms with E-state index in [0.717, 1.165) is 12.8 Å². The Morgan fingerprint density at radius 2 is 2.17 bits per heavy atom. The van der Waals surface area contributed by atoms with Crippen LogP contribution in [0.15, 0.2) is 46.3 Å². The first-order chi connectivity index (χ1) is 5.92. The molecular weight excluding hydrogens is 148 g/mol. The summed E-state index contributed by atoms with van der Waals surface area (Å²) in [6, 6.07) is 0. The van der Waals surface area contributed by atoms with E-state index < -0.39 is 0 Å². The molecule has 1 heteroatoms. The van der Waals surface area contributed by atoms with Crippen molar-refractivity contribution in [3.05, 3.63) is 46.3 Å². The van der Waals surface area contributed by atoms with Crippen LogP contribution < -0.4 is 0 Å². The molecule has 0 aromatic carbocycles. The van der Waals surface area contributed by atoms with Gasteiger partial charge in [-0.15, -0.1) is 0 Å². The van der Waals surface area contributed by atoms with Crippen LogP contribution in [0.5, 0.6) is 0 Å². The quantitative estimate of drug-likeness (QED) is 0.522. The van der Waals surface area contributed by atoms with E-state index in [1.165, 1.54) is 28.1 Å². The molecule has 0 aromatic rings. The minimum atomic E-state index is 0.446. The van der Waals surface area contributed by atoms with Gasteiger partial charge in [0.15, 0.2) is 0 Å². The Balaban J connectivity index is 2.12. The van der Waals surface area contributed by atoms with Crippen LogP contribution in [0.25, 0.3) is 0 Å². The Morgan fingerprint density at radius 3 is 3.17 bits per heavy atom. The van der Waals surface area contributed by atoms with Gasteiger partial charge in [-0.1, -0.05) is 12.2 Å². The summed E-state index contributed by atoms with van der Waals surface area (Å²) in [7, 11) is 0. The fourth-order valence-corrected chi connectivity index (χ4v) is 2.60. The highest BCUT2D eigenvalue weighted by Gasteiger charge is 2.40. The molecular formula is C11H8O. The van der Waals surface area contributed by atoms with E-state index >= 15 is 0 Å². The molecule has 2 heterocycles. The maximum absolute atomic E-state index is 5.83. The highest BCUT2D eigenvalue weighted by Crippen LogP contribution is 2.51. The Bertz CT molecular complexity index is 396. The summed E-state index contributed by atoms with van der Waals surface area (Å²) in [5, 5.41) is 0. The molecule has 1 unspecified atom stereocenters. The second-order valence-corrected chi connectivity index (χ2v) is 3.83. The van der Waals surface area contributed by atoms with Crippen molar-refractivity contribution in [1.82, 2.24) is 0 Å². The van der Waals surface area contributed by atoms with Crippen molar-refractivity contribution in [2.75, 3.05) is 0 Å². The van der Waals surface area contributed by atoms with E-state index in [-0.39, 0.29) is 0 Å². The molecule has 5 aliphatic rings. The zero-order valence-corrected chi connectivity index (χ0v) is 6.63. The summed E-state index contributed by atoms with van der Waals surface area (Å²) in [6.07, 6.45) is 9.45. The molecule has 58 valence electrons. The molecule has 1 fully saturated rings. The average Bonchev–Trinajstić information content (AvgIpc) is 2.52. The Labute approximate surface area is 70.7 Å². The van der Waals surface area contributed by atoms with Crippen molar-refractivity contribution in [2.45, 2.75) is 18.9 Å². The second kappa shape index (κ2) is 1.45. The van der Waals surface area contributed by atoms with E-state index in [2.05, 4.69) is 18.2 Å². The van der Waals surface area contributed by atoms with E-state index in [1.54, 1.807) is 0 Å². The zero-order valence-electron chi connectivity index (χ0n) is 6.63. The fraction of sp³-hybridized carbons (Fsp3) is 0.273. The summed E-state index contributed by atoms with van der Waals surface area (Å²) in [5.41, 5.74) is 5.71. The molecule has 0 radical (unpaired) electrons. The van der Waals surface area contributed by atoms with Gasteiger partial charge in [-0.2, -0.15) is 0 Å². The smallest absolute Gasteiger partial charge is 0.130 e. The van der Waals surface area contributed by atoms with Crippen molar-refractivity contribution in [1.29, 1.82) is 0 Å². The van der Waals surface area contributed by atoms with Gasteiger partial charge < -0.3 is 4.74 Å². The predicted molar refractivity (Wildman–Crippen MR) is 45.4 cm³/mol. The van der Waals surface area contributed by atoms with Gasteiger partial charge in [0, 0.05) is 18.4 Å². The minimum Gasteiger partial charge on any atom is -0.489 e. The molecule has 1 nitrogen and oxygen atoms in total. The van der Waals surface area contributed by atoms with Gasteiger partial charge in [0.05, 0.1) is 0 Å². The van der Waals surface area contributed by atoms with Crippen LogP contribution in [0.3, 0.4) is 0 Å². The monoisotopic (exact) mass is 156 g/mol. The minimum absolute atomic E-state index is 0.446. The topological polar surface area (TPSA) is 9.23 Å². The lowest BCUT2D eigenvalue weighted by Gasteiger charge is -2.09. The lowest BCUT2D eigenvalue weighted by molar-refractivity contribution is 0.154. The van der Waals surface area contributed by atoms with Gasteiger partial charge in [-0.3, -0.25) is 0 Å². The first-order valence-electron chi connectivity index (χ1n) is 4.45. The van der Waals surface area contributed by atoms with E-state index in [0.29, 0.717) is 6.10 Å². The Morgan fingerprint density at radius 1 is 1.17 bits per heavy atom. The highest BCUT2D eigenvalue weighted by atomic mass is 16.5. The number of hydrogen-bond donors (Lipinski definition) is 0. The number of ether oxygens (including phenoxy) is 1. The first kappa shape index (κ1) is 5.41. The Kier molecular flexibility index (Phi) is 0.652. The normalized spacial score (nSPS) is 33.3. The molecule has 0 amide bonds. The van der Waals surface area contributed by atoms with Gasteiger partial charge in [0.2, 0.25) is 0 Å². The van der Waals surface area contributed by atoms with Crippen LogP contribution in [0.2, 0.25) is 0 Å². The second-order valence-electron chi connectivity index (χ2n) is 3.83. The molecule has 1 saturated heterocycles. The maximum atomic E-state index is 5.83. The van der Waals surface area contributed by atoms with Gasteiger partial charge in [0.1, 0.15) is 11.9 Å². The van der Waals surface area contributed by atoms with Crippen LogP contribution in [-0.4, -0.2) is 6.10 Å². The molecule has 2 aliphatic heterocycles. The molecule has 0 saturated carbocycles. The van der Waals surface area contributed by atoms with Crippen molar-refractivity contribution in [2.24, 2.45) is 0 Å². The van der Waals surface area contributed by atoms with Crippen molar-refractivity contribution >= 4 is 0 Å². The summed E-state index contributed by atoms with van der Waals surface area (Å²) in [4.78, 5) is 0. The number of allylic oxidation sites excluding steroid dienone is 4. The van der Waals surface area contributed by atoms with Crippen LogP contribution in [-0.2, 0) is 4.74 Å². The van der Waals surface area contributed by atoms with E-state index in [1.807, 2.05) is 0 Å².